The highest BCUT2D eigenvalue weighted by Gasteiger charge is 2.18. The third-order valence-corrected chi connectivity index (χ3v) is 3.59. The molecular formula is C14H20FN. The third kappa shape index (κ3) is 2.62. The van der Waals surface area contributed by atoms with Gasteiger partial charge in [0.15, 0.2) is 0 Å². The van der Waals surface area contributed by atoms with E-state index in [1.54, 1.807) is 6.92 Å². The maximum atomic E-state index is 13.1. The summed E-state index contributed by atoms with van der Waals surface area (Å²) in [5.74, 6) is 0.667. The Morgan fingerprint density at radius 1 is 1.19 bits per heavy atom. The first kappa shape index (κ1) is 11.6. The van der Waals surface area contributed by atoms with Gasteiger partial charge in [0.25, 0.3) is 0 Å². The molecule has 1 saturated heterocycles. The first-order valence-electron chi connectivity index (χ1n) is 6.09. The van der Waals surface area contributed by atoms with Gasteiger partial charge in [-0.05, 0) is 56.9 Å². The lowest BCUT2D eigenvalue weighted by atomic mass is 9.89. The zero-order valence-electron chi connectivity index (χ0n) is 10.1. The van der Waals surface area contributed by atoms with Crippen LogP contribution in [0.15, 0.2) is 24.3 Å². The van der Waals surface area contributed by atoms with Crippen molar-refractivity contribution >= 4 is 0 Å². The second kappa shape index (κ2) is 4.96. The smallest absolute Gasteiger partial charge is 0.122 e. The summed E-state index contributed by atoms with van der Waals surface area (Å²) in [5.41, 5.74) is 2.16. The SMILES string of the molecule is CC(F)c1ccc(C2CCN(C)CC2)cc1. The molecule has 0 saturated carbocycles. The largest absolute Gasteiger partial charge is 0.306 e. The van der Waals surface area contributed by atoms with Crippen molar-refractivity contribution in [3.05, 3.63) is 35.4 Å². The van der Waals surface area contributed by atoms with Gasteiger partial charge in [0.1, 0.15) is 6.17 Å². The average Bonchev–Trinajstić information content (AvgIpc) is 2.30. The number of halogens is 1. The summed E-state index contributed by atoms with van der Waals surface area (Å²) in [6.45, 7) is 3.93. The summed E-state index contributed by atoms with van der Waals surface area (Å²) >= 11 is 0. The summed E-state index contributed by atoms with van der Waals surface area (Å²) in [6, 6.07) is 8.06. The van der Waals surface area contributed by atoms with Crippen LogP contribution in [0.2, 0.25) is 0 Å². The molecular weight excluding hydrogens is 201 g/mol. The standard InChI is InChI=1S/C14H20FN/c1-11(15)12-3-5-13(6-4-12)14-7-9-16(2)10-8-14/h3-6,11,14H,7-10H2,1-2H3. The minimum atomic E-state index is -0.855. The summed E-state index contributed by atoms with van der Waals surface area (Å²) < 4.78 is 13.1. The molecule has 0 aliphatic carbocycles. The van der Waals surface area contributed by atoms with Gasteiger partial charge in [-0.3, -0.25) is 0 Å². The Balaban J connectivity index is 2.04. The van der Waals surface area contributed by atoms with Crippen molar-refractivity contribution < 1.29 is 4.39 Å². The van der Waals surface area contributed by atoms with E-state index in [0.717, 1.165) is 5.56 Å². The van der Waals surface area contributed by atoms with Crippen LogP contribution in [0.1, 0.15) is 43.0 Å². The second-order valence-corrected chi connectivity index (χ2v) is 4.86. The van der Waals surface area contributed by atoms with Gasteiger partial charge in [0, 0.05) is 0 Å². The fraction of sp³-hybridized carbons (Fsp3) is 0.571. The molecule has 0 bridgehead atoms. The molecule has 1 unspecified atom stereocenters. The average molecular weight is 221 g/mol. The molecule has 0 N–H and O–H groups in total. The van der Waals surface area contributed by atoms with Crippen molar-refractivity contribution in [1.29, 1.82) is 0 Å². The molecule has 2 rings (SSSR count). The molecule has 0 spiro atoms. The van der Waals surface area contributed by atoms with Crippen LogP contribution >= 0.6 is 0 Å². The molecule has 1 heterocycles. The quantitative estimate of drug-likeness (QED) is 0.738. The summed E-state index contributed by atoms with van der Waals surface area (Å²) in [6.07, 6.45) is 1.59. The van der Waals surface area contributed by atoms with Crippen molar-refractivity contribution in [2.24, 2.45) is 0 Å². The van der Waals surface area contributed by atoms with Crippen molar-refractivity contribution in [1.82, 2.24) is 4.90 Å². The lowest BCUT2D eigenvalue weighted by molar-refractivity contribution is 0.255. The number of piperidine rings is 1. The van der Waals surface area contributed by atoms with E-state index in [9.17, 15) is 4.39 Å². The number of rotatable bonds is 2. The van der Waals surface area contributed by atoms with Gasteiger partial charge in [-0.1, -0.05) is 24.3 Å². The molecule has 1 aliphatic rings. The monoisotopic (exact) mass is 221 g/mol. The van der Waals surface area contributed by atoms with Gasteiger partial charge in [-0.25, -0.2) is 4.39 Å². The van der Waals surface area contributed by atoms with Crippen LogP contribution < -0.4 is 0 Å². The van der Waals surface area contributed by atoms with E-state index in [0.29, 0.717) is 5.92 Å². The molecule has 2 heteroatoms. The fourth-order valence-corrected chi connectivity index (χ4v) is 2.38. The molecule has 1 nitrogen and oxygen atoms in total. The van der Waals surface area contributed by atoms with E-state index in [-0.39, 0.29) is 0 Å². The molecule has 16 heavy (non-hydrogen) atoms. The van der Waals surface area contributed by atoms with E-state index < -0.39 is 6.17 Å². The van der Waals surface area contributed by atoms with Gasteiger partial charge in [0.05, 0.1) is 0 Å². The van der Waals surface area contributed by atoms with Crippen LogP contribution in [0, 0.1) is 0 Å². The van der Waals surface area contributed by atoms with Crippen LogP contribution in [0.25, 0.3) is 0 Å². The molecule has 1 aromatic carbocycles. The Morgan fingerprint density at radius 3 is 2.25 bits per heavy atom. The van der Waals surface area contributed by atoms with E-state index in [1.165, 1.54) is 31.5 Å². The molecule has 1 atom stereocenters. The topological polar surface area (TPSA) is 3.24 Å². The molecule has 0 amide bonds. The van der Waals surface area contributed by atoms with Crippen molar-refractivity contribution in [2.45, 2.75) is 31.9 Å². The van der Waals surface area contributed by atoms with Crippen molar-refractivity contribution in [3.63, 3.8) is 0 Å². The van der Waals surface area contributed by atoms with Gasteiger partial charge in [-0.2, -0.15) is 0 Å². The normalized spacial score (nSPS) is 20.9. The highest BCUT2D eigenvalue weighted by molar-refractivity contribution is 5.26. The van der Waals surface area contributed by atoms with Crippen LogP contribution in [-0.4, -0.2) is 25.0 Å². The molecule has 1 fully saturated rings. The number of nitrogens with zero attached hydrogens (tertiary/aromatic N) is 1. The molecule has 88 valence electrons. The zero-order valence-corrected chi connectivity index (χ0v) is 10.1. The summed E-state index contributed by atoms with van der Waals surface area (Å²) in [7, 11) is 2.17. The van der Waals surface area contributed by atoms with Crippen LogP contribution in [-0.2, 0) is 0 Å². The Bertz CT molecular complexity index is 323. The minimum absolute atomic E-state index is 0.667. The van der Waals surface area contributed by atoms with Crippen molar-refractivity contribution in [2.75, 3.05) is 20.1 Å². The molecule has 1 aromatic rings. The Kier molecular flexibility index (Phi) is 3.59. The predicted molar refractivity (Wildman–Crippen MR) is 65.4 cm³/mol. The van der Waals surface area contributed by atoms with Crippen LogP contribution in [0.5, 0.6) is 0 Å². The summed E-state index contributed by atoms with van der Waals surface area (Å²) in [4.78, 5) is 2.37. The minimum Gasteiger partial charge on any atom is -0.306 e. The maximum Gasteiger partial charge on any atom is 0.122 e. The Morgan fingerprint density at radius 2 is 1.75 bits per heavy atom. The number of hydrogen-bond donors (Lipinski definition) is 0. The Hall–Kier alpha value is -0.890. The Labute approximate surface area is 97.3 Å². The highest BCUT2D eigenvalue weighted by atomic mass is 19.1. The third-order valence-electron chi connectivity index (χ3n) is 3.59. The number of hydrogen-bond acceptors (Lipinski definition) is 1. The highest BCUT2D eigenvalue weighted by Crippen LogP contribution is 2.28. The van der Waals surface area contributed by atoms with E-state index in [1.807, 2.05) is 12.1 Å². The summed E-state index contributed by atoms with van der Waals surface area (Å²) in [5, 5.41) is 0. The fourth-order valence-electron chi connectivity index (χ4n) is 2.38. The first-order chi connectivity index (χ1) is 7.66. The van der Waals surface area contributed by atoms with Gasteiger partial charge >= 0.3 is 0 Å². The second-order valence-electron chi connectivity index (χ2n) is 4.86. The number of benzene rings is 1. The van der Waals surface area contributed by atoms with Gasteiger partial charge in [-0.15, -0.1) is 0 Å². The first-order valence-corrected chi connectivity index (χ1v) is 6.09. The van der Waals surface area contributed by atoms with Crippen LogP contribution in [0.3, 0.4) is 0 Å². The molecule has 1 aliphatic heterocycles. The maximum absolute atomic E-state index is 13.1. The lowest BCUT2D eigenvalue weighted by Crippen LogP contribution is -2.29. The van der Waals surface area contributed by atoms with Gasteiger partial charge in [0.2, 0.25) is 0 Å². The van der Waals surface area contributed by atoms with E-state index >= 15 is 0 Å². The van der Waals surface area contributed by atoms with Gasteiger partial charge < -0.3 is 4.90 Å². The molecule has 0 radical (unpaired) electrons. The van der Waals surface area contributed by atoms with E-state index in [2.05, 4.69) is 24.1 Å². The lowest BCUT2D eigenvalue weighted by Gasteiger charge is -2.29. The van der Waals surface area contributed by atoms with Crippen LogP contribution in [0.4, 0.5) is 4.39 Å². The number of likely N-dealkylation sites (tertiary alicyclic amines) is 1. The predicted octanol–water partition coefficient (Wildman–Crippen LogP) is 3.53. The molecule has 0 aromatic heterocycles. The zero-order chi connectivity index (χ0) is 11.5. The number of alkyl halides is 1. The van der Waals surface area contributed by atoms with Crippen molar-refractivity contribution in [3.8, 4) is 0 Å². The van der Waals surface area contributed by atoms with E-state index in [4.69, 9.17) is 0 Å².